The Morgan fingerprint density at radius 1 is 0.909 bits per heavy atom. The van der Waals surface area contributed by atoms with Gasteiger partial charge in [-0.25, -0.2) is 0 Å². The molecule has 0 aliphatic heterocycles. The van der Waals surface area contributed by atoms with Crippen LogP contribution in [0, 0.1) is 5.92 Å². The minimum atomic E-state index is -0.133. The molecule has 0 bridgehead atoms. The Balaban J connectivity index is 2.23. The van der Waals surface area contributed by atoms with E-state index in [1.54, 1.807) is 0 Å². The van der Waals surface area contributed by atoms with Crippen molar-refractivity contribution in [2.45, 2.75) is 19.8 Å². The van der Waals surface area contributed by atoms with Gasteiger partial charge in [0.25, 0.3) is 0 Å². The van der Waals surface area contributed by atoms with Crippen LogP contribution in [-0.4, -0.2) is 5.78 Å². The first kappa shape index (κ1) is 15.3. The van der Waals surface area contributed by atoms with E-state index in [1.165, 1.54) is 0 Å². The average molecular weight is 331 g/mol. The standard InChI is InChI=1S/C19H16Cl2O/c1-11-17(13-7-3-5-9-15(13)20)18(12(2)19(11)22)14-8-4-6-10-16(14)21/h3-11,17H,1-2H3/t11-,17-/m1/s1. The summed E-state index contributed by atoms with van der Waals surface area (Å²) in [5.74, 6) is -0.0212. The molecule has 0 amide bonds. The maximum atomic E-state index is 12.6. The third kappa shape index (κ3) is 2.39. The molecule has 1 aliphatic carbocycles. The summed E-state index contributed by atoms with van der Waals surface area (Å²) in [5.41, 5.74) is 3.68. The van der Waals surface area contributed by atoms with Crippen molar-refractivity contribution in [3.8, 4) is 0 Å². The van der Waals surface area contributed by atoms with Crippen molar-refractivity contribution in [3.05, 3.63) is 75.3 Å². The molecule has 0 aromatic heterocycles. The number of carbonyl (C=O) groups excluding carboxylic acids is 1. The molecule has 0 saturated carbocycles. The lowest BCUT2D eigenvalue weighted by Crippen LogP contribution is -2.13. The van der Waals surface area contributed by atoms with Gasteiger partial charge in [0.1, 0.15) is 0 Å². The molecule has 0 fully saturated rings. The second-order valence-electron chi connectivity index (χ2n) is 5.67. The van der Waals surface area contributed by atoms with E-state index in [9.17, 15) is 4.79 Å². The average Bonchev–Trinajstić information content (AvgIpc) is 2.73. The molecule has 1 nitrogen and oxygen atoms in total. The Hall–Kier alpha value is -1.57. The summed E-state index contributed by atoms with van der Waals surface area (Å²) in [6.07, 6.45) is 0. The van der Waals surface area contributed by atoms with Crippen molar-refractivity contribution >= 4 is 34.6 Å². The van der Waals surface area contributed by atoms with Crippen LogP contribution in [-0.2, 0) is 4.79 Å². The Morgan fingerprint density at radius 3 is 2.14 bits per heavy atom. The number of hydrogen-bond donors (Lipinski definition) is 0. The first-order chi connectivity index (χ1) is 10.5. The maximum Gasteiger partial charge on any atom is 0.162 e. The largest absolute Gasteiger partial charge is 0.294 e. The number of Topliss-reactive ketones (excluding diaryl/α,β-unsaturated/α-hetero) is 1. The van der Waals surface area contributed by atoms with Gasteiger partial charge in [-0.15, -0.1) is 0 Å². The van der Waals surface area contributed by atoms with E-state index in [4.69, 9.17) is 23.2 Å². The quantitative estimate of drug-likeness (QED) is 0.683. The summed E-state index contributed by atoms with van der Waals surface area (Å²) in [5, 5.41) is 1.35. The minimum absolute atomic E-state index is 0.0545. The minimum Gasteiger partial charge on any atom is -0.294 e. The van der Waals surface area contributed by atoms with E-state index in [1.807, 2.05) is 62.4 Å². The summed E-state index contributed by atoms with van der Waals surface area (Å²) in [6.45, 7) is 3.85. The number of halogens is 2. The molecular weight excluding hydrogens is 315 g/mol. The van der Waals surface area contributed by atoms with E-state index in [2.05, 4.69) is 0 Å². The van der Waals surface area contributed by atoms with Crippen molar-refractivity contribution < 1.29 is 4.79 Å². The van der Waals surface area contributed by atoms with E-state index in [-0.39, 0.29) is 17.6 Å². The molecule has 0 saturated heterocycles. The lowest BCUT2D eigenvalue weighted by atomic mass is 9.83. The predicted molar refractivity (Wildman–Crippen MR) is 92.4 cm³/mol. The first-order valence-corrected chi connectivity index (χ1v) is 8.02. The first-order valence-electron chi connectivity index (χ1n) is 7.26. The molecule has 0 heterocycles. The highest BCUT2D eigenvalue weighted by molar-refractivity contribution is 6.33. The SMILES string of the molecule is CC1=C(c2ccccc2Cl)[C@@H](c2ccccc2Cl)[C@@H](C)C1=O. The van der Waals surface area contributed by atoms with Crippen LogP contribution in [0.2, 0.25) is 10.0 Å². The van der Waals surface area contributed by atoms with Gasteiger partial charge in [-0.3, -0.25) is 4.79 Å². The predicted octanol–water partition coefficient (Wildman–Crippen LogP) is 5.77. The van der Waals surface area contributed by atoms with Crippen LogP contribution in [0.25, 0.3) is 5.57 Å². The van der Waals surface area contributed by atoms with E-state index in [0.29, 0.717) is 10.0 Å². The molecule has 2 atom stereocenters. The normalized spacial score (nSPS) is 21.5. The molecule has 112 valence electrons. The molecule has 3 rings (SSSR count). The Kier molecular flexibility index (Phi) is 4.12. The third-order valence-electron chi connectivity index (χ3n) is 4.40. The van der Waals surface area contributed by atoms with Crippen LogP contribution < -0.4 is 0 Å². The van der Waals surface area contributed by atoms with Crippen molar-refractivity contribution in [3.63, 3.8) is 0 Å². The molecule has 0 N–H and O–H groups in total. The van der Waals surface area contributed by atoms with Gasteiger partial charge in [-0.05, 0) is 41.3 Å². The van der Waals surface area contributed by atoms with E-state index < -0.39 is 0 Å². The zero-order chi connectivity index (χ0) is 15.9. The van der Waals surface area contributed by atoms with Crippen LogP contribution in [0.3, 0.4) is 0 Å². The maximum absolute atomic E-state index is 12.6. The van der Waals surface area contributed by atoms with E-state index >= 15 is 0 Å². The lowest BCUT2D eigenvalue weighted by Gasteiger charge is -2.21. The topological polar surface area (TPSA) is 17.1 Å². The highest BCUT2D eigenvalue weighted by Crippen LogP contribution is 2.49. The fourth-order valence-corrected chi connectivity index (χ4v) is 3.80. The Morgan fingerprint density at radius 2 is 1.50 bits per heavy atom. The van der Waals surface area contributed by atoms with Gasteiger partial charge in [-0.2, -0.15) is 0 Å². The molecule has 0 spiro atoms. The van der Waals surface area contributed by atoms with Gasteiger partial charge in [0.2, 0.25) is 0 Å². The summed E-state index contributed by atoms with van der Waals surface area (Å²) in [7, 11) is 0. The second kappa shape index (κ2) is 5.91. The molecule has 0 unspecified atom stereocenters. The van der Waals surface area contributed by atoms with Gasteiger partial charge >= 0.3 is 0 Å². The Labute approximate surface area is 140 Å². The highest BCUT2D eigenvalue weighted by Gasteiger charge is 2.39. The third-order valence-corrected chi connectivity index (χ3v) is 5.08. The van der Waals surface area contributed by atoms with Crippen LogP contribution in [0.15, 0.2) is 54.1 Å². The molecule has 22 heavy (non-hydrogen) atoms. The van der Waals surface area contributed by atoms with Gasteiger partial charge in [0.15, 0.2) is 5.78 Å². The molecule has 2 aromatic rings. The number of hydrogen-bond acceptors (Lipinski definition) is 1. The fourth-order valence-electron chi connectivity index (χ4n) is 3.31. The van der Waals surface area contributed by atoms with Crippen LogP contribution in [0.1, 0.15) is 30.9 Å². The second-order valence-corrected chi connectivity index (χ2v) is 6.49. The summed E-state index contributed by atoms with van der Waals surface area (Å²) < 4.78 is 0. The molecule has 1 aliphatic rings. The summed E-state index contributed by atoms with van der Waals surface area (Å²) in [4.78, 5) is 12.6. The molecule has 0 radical (unpaired) electrons. The fraction of sp³-hybridized carbons (Fsp3) is 0.211. The Bertz CT molecular complexity index is 777. The molecule has 3 heteroatoms. The van der Waals surface area contributed by atoms with Crippen molar-refractivity contribution in [1.29, 1.82) is 0 Å². The highest BCUT2D eigenvalue weighted by atomic mass is 35.5. The van der Waals surface area contributed by atoms with Gasteiger partial charge in [0, 0.05) is 21.9 Å². The number of carbonyl (C=O) groups is 1. The van der Waals surface area contributed by atoms with Gasteiger partial charge in [-0.1, -0.05) is 66.5 Å². The van der Waals surface area contributed by atoms with E-state index in [0.717, 1.165) is 22.3 Å². The van der Waals surface area contributed by atoms with Crippen LogP contribution in [0.4, 0.5) is 0 Å². The molecule has 2 aromatic carbocycles. The van der Waals surface area contributed by atoms with Crippen LogP contribution in [0.5, 0.6) is 0 Å². The number of benzene rings is 2. The van der Waals surface area contributed by atoms with Gasteiger partial charge in [0.05, 0.1) is 0 Å². The van der Waals surface area contributed by atoms with Gasteiger partial charge < -0.3 is 0 Å². The van der Waals surface area contributed by atoms with Crippen LogP contribution >= 0.6 is 23.2 Å². The van der Waals surface area contributed by atoms with Crippen molar-refractivity contribution in [2.24, 2.45) is 5.92 Å². The lowest BCUT2D eigenvalue weighted by molar-refractivity contribution is -0.118. The summed E-state index contributed by atoms with van der Waals surface area (Å²) >= 11 is 12.8. The zero-order valence-electron chi connectivity index (χ0n) is 12.4. The van der Waals surface area contributed by atoms with Crippen molar-refractivity contribution in [1.82, 2.24) is 0 Å². The summed E-state index contributed by atoms with van der Waals surface area (Å²) in [6, 6.07) is 15.4. The number of ketones is 1. The molecular formula is C19H16Cl2O. The number of allylic oxidation sites excluding steroid dienone is 2. The zero-order valence-corrected chi connectivity index (χ0v) is 13.9. The number of rotatable bonds is 2. The smallest absolute Gasteiger partial charge is 0.162 e. The monoisotopic (exact) mass is 330 g/mol. The van der Waals surface area contributed by atoms with Crippen molar-refractivity contribution in [2.75, 3.05) is 0 Å².